The van der Waals surface area contributed by atoms with E-state index in [0.717, 1.165) is 6.42 Å². The number of carbonyl (C=O) groups excluding carboxylic acids is 1. The van der Waals surface area contributed by atoms with Crippen LogP contribution in [0.4, 0.5) is 5.69 Å². The number of methoxy groups -OCH3 is 1. The minimum atomic E-state index is -0.0448. The van der Waals surface area contributed by atoms with E-state index < -0.39 is 0 Å². The lowest BCUT2D eigenvalue weighted by molar-refractivity contribution is -0.116. The Morgan fingerprint density at radius 2 is 2.41 bits per heavy atom. The third-order valence-corrected chi connectivity index (χ3v) is 2.51. The molecule has 5 heteroatoms. The quantitative estimate of drug-likeness (QED) is 0.784. The van der Waals surface area contributed by atoms with E-state index >= 15 is 0 Å². The summed E-state index contributed by atoms with van der Waals surface area (Å²) < 4.78 is 5.05. The highest BCUT2D eigenvalue weighted by Crippen LogP contribution is 2.20. The molecule has 1 aromatic rings. The topological polar surface area (TPSA) is 77.2 Å². The van der Waals surface area contributed by atoms with E-state index in [-0.39, 0.29) is 5.91 Å². The Morgan fingerprint density at radius 3 is 3.06 bits per heavy atom. The van der Waals surface area contributed by atoms with Gasteiger partial charge in [0.15, 0.2) is 0 Å². The molecule has 0 fully saturated rings. The van der Waals surface area contributed by atoms with Crippen molar-refractivity contribution < 1.29 is 9.53 Å². The molecule has 0 radical (unpaired) electrons. The van der Waals surface area contributed by atoms with Crippen molar-refractivity contribution in [2.24, 2.45) is 11.7 Å². The smallest absolute Gasteiger partial charge is 0.237 e. The first-order valence-corrected chi connectivity index (χ1v) is 5.66. The van der Waals surface area contributed by atoms with Crippen LogP contribution in [0.25, 0.3) is 0 Å². The number of anilines is 1. The second-order valence-corrected chi connectivity index (χ2v) is 3.99. The summed E-state index contributed by atoms with van der Waals surface area (Å²) >= 11 is 0. The average molecular weight is 237 g/mol. The molecule has 0 spiro atoms. The molecule has 1 heterocycles. The molecule has 0 aliphatic heterocycles. The maximum atomic E-state index is 11.7. The summed E-state index contributed by atoms with van der Waals surface area (Å²) in [5, 5.41) is 2.77. The van der Waals surface area contributed by atoms with Crippen LogP contribution < -0.4 is 15.8 Å². The molecule has 1 amide bonds. The number of aromatic nitrogens is 1. The maximum absolute atomic E-state index is 11.7. The molecule has 0 aromatic carbocycles. The monoisotopic (exact) mass is 237 g/mol. The van der Waals surface area contributed by atoms with Crippen molar-refractivity contribution in [3.63, 3.8) is 0 Å². The van der Waals surface area contributed by atoms with Crippen molar-refractivity contribution in [3.8, 4) is 5.88 Å². The average Bonchev–Trinajstić information content (AvgIpc) is 2.36. The SMILES string of the molecule is COc1ncccc1NC(=O)CCC(C)CN. The molecule has 94 valence electrons. The number of carbonyl (C=O) groups is 1. The first kappa shape index (κ1) is 13.4. The number of pyridine rings is 1. The normalized spacial score (nSPS) is 11.9. The molecule has 5 nitrogen and oxygen atoms in total. The number of hydrogen-bond acceptors (Lipinski definition) is 4. The van der Waals surface area contributed by atoms with Crippen molar-refractivity contribution >= 4 is 11.6 Å². The van der Waals surface area contributed by atoms with Gasteiger partial charge >= 0.3 is 0 Å². The van der Waals surface area contributed by atoms with E-state index in [1.54, 1.807) is 18.3 Å². The Hall–Kier alpha value is -1.62. The van der Waals surface area contributed by atoms with Gasteiger partial charge in [0.25, 0.3) is 0 Å². The van der Waals surface area contributed by atoms with Crippen LogP contribution in [0, 0.1) is 5.92 Å². The summed E-state index contributed by atoms with van der Waals surface area (Å²) in [7, 11) is 1.52. The van der Waals surface area contributed by atoms with E-state index in [1.165, 1.54) is 7.11 Å². The van der Waals surface area contributed by atoms with Gasteiger partial charge in [0.2, 0.25) is 11.8 Å². The molecule has 17 heavy (non-hydrogen) atoms. The van der Waals surface area contributed by atoms with Crippen LogP contribution in [0.1, 0.15) is 19.8 Å². The largest absolute Gasteiger partial charge is 0.480 e. The molecule has 1 rings (SSSR count). The Kier molecular flexibility index (Phi) is 5.42. The molecule has 0 aliphatic carbocycles. The van der Waals surface area contributed by atoms with Crippen LogP contribution in [0.3, 0.4) is 0 Å². The predicted molar refractivity (Wildman–Crippen MR) is 66.9 cm³/mol. The molecule has 0 aliphatic rings. The third-order valence-electron chi connectivity index (χ3n) is 2.51. The maximum Gasteiger partial charge on any atom is 0.237 e. The van der Waals surface area contributed by atoms with E-state index in [1.807, 2.05) is 6.92 Å². The number of amides is 1. The highest BCUT2D eigenvalue weighted by molar-refractivity contribution is 5.91. The summed E-state index contributed by atoms with van der Waals surface area (Å²) in [6, 6.07) is 3.51. The Bertz CT molecular complexity index is 369. The highest BCUT2D eigenvalue weighted by Gasteiger charge is 2.09. The Balaban J connectivity index is 2.50. The van der Waals surface area contributed by atoms with Crippen LogP contribution in [-0.2, 0) is 4.79 Å². The van der Waals surface area contributed by atoms with Gasteiger partial charge in [-0.25, -0.2) is 4.98 Å². The van der Waals surface area contributed by atoms with Gasteiger partial charge < -0.3 is 15.8 Å². The molecule has 0 bridgehead atoms. The van der Waals surface area contributed by atoms with Crippen molar-refractivity contribution in [1.82, 2.24) is 4.98 Å². The minimum absolute atomic E-state index is 0.0448. The summed E-state index contributed by atoms with van der Waals surface area (Å²) in [5.41, 5.74) is 6.09. The van der Waals surface area contributed by atoms with Crippen LogP contribution in [-0.4, -0.2) is 24.5 Å². The van der Waals surface area contributed by atoms with E-state index in [4.69, 9.17) is 10.5 Å². The van der Waals surface area contributed by atoms with Gasteiger partial charge in [0.05, 0.1) is 7.11 Å². The molecule has 3 N–H and O–H groups in total. The molecule has 0 saturated heterocycles. The summed E-state index contributed by atoms with van der Waals surface area (Å²) in [6.45, 7) is 2.63. The Labute approximate surface area is 101 Å². The number of nitrogens with two attached hydrogens (primary N) is 1. The summed E-state index contributed by atoms with van der Waals surface area (Å²) in [5.74, 6) is 0.737. The lowest BCUT2D eigenvalue weighted by Crippen LogP contribution is -2.16. The van der Waals surface area contributed by atoms with Gasteiger partial charge in [-0.3, -0.25) is 4.79 Å². The zero-order valence-corrected chi connectivity index (χ0v) is 10.3. The van der Waals surface area contributed by atoms with Crippen molar-refractivity contribution in [2.45, 2.75) is 19.8 Å². The van der Waals surface area contributed by atoms with Crippen LogP contribution >= 0.6 is 0 Å². The zero-order chi connectivity index (χ0) is 12.7. The number of ether oxygens (including phenoxy) is 1. The number of hydrogen-bond donors (Lipinski definition) is 2. The Morgan fingerprint density at radius 1 is 1.65 bits per heavy atom. The van der Waals surface area contributed by atoms with Gasteiger partial charge in [0.1, 0.15) is 5.69 Å². The zero-order valence-electron chi connectivity index (χ0n) is 10.3. The molecular formula is C12H19N3O2. The fraction of sp³-hybridized carbons (Fsp3) is 0.500. The lowest BCUT2D eigenvalue weighted by atomic mass is 10.1. The predicted octanol–water partition coefficient (Wildman–Crippen LogP) is 1.40. The highest BCUT2D eigenvalue weighted by atomic mass is 16.5. The molecule has 0 saturated carbocycles. The van der Waals surface area contributed by atoms with Crippen LogP contribution in [0.15, 0.2) is 18.3 Å². The fourth-order valence-electron chi connectivity index (χ4n) is 1.36. The fourth-order valence-corrected chi connectivity index (χ4v) is 1.36. The minimum Gasteiger partial charge on any atom is -0.480 e. The lowest BCUT2D eigenvalue weighted by Gasteiger charge is -2.10. The van der Waals surface area contributed by atoms with Crippen LogP contribution in [0.2, 0.25) is 0 Å². The second-order valence-electron chi connectivity index (χ2n) is 3.99. The van der Waals surface area contributed by atoms with Crippen molar-refractivity contribution in [3.05, 3.63) is 18.3 Å². The first-order chi connectivity index (χ1) is 8.17. The second kappa shape index (κ2) is 6.85. The summed E-state index contributed by atoms with van der Waals surface area (Å²) in [6.07, 6.45) is 2.85. The van der Waals surface area contributed by atoms with E-state index in [0.29, 0.717) is 30.5 Å². The van der Waals surface area contributed by atoms with Gasteiger partial charge in [-0.1, -0.05) is 6.92 Å². The molecule has 1 aromatic heterocycles. The van der Waals surface area contributed by atoms with Gasteiger partial charge in [-0.2, -0.15) is 0 Å². The van der Waals surface area contributed by atoms with Crippen LogP contribution in [0.5, 0.6) is 5.88 Å². The van der Waals surface area contributed by atoms with Gasteiger partial charge in [-0.15, -0.1) is 0 Å². The van der Waals surface area contributed by atoms with Crippen molar-refractivity contribution in [1.29, 1.82) is 0 Å². The molecule has 1 unspecified atom stereocenters. The van der Waals surface area contributed by atoms with Gasteiger partial charge in [-0.05, 0) is 31.0 Å². The number of nitrogens with one attached hydrogen (secondary N) is 1. The standard InChI is InChI=1S/C12H19N3O2/c1-9(8-13)5-6-11(16)15-10-4-3-7-14-12(10)17-2/h3-4,7,9H,5-6,8,13H2,1-2H3,(H,15,16). The third kappa shape index (κ3) is 4.40. The number of rotatable bonds is 6. The first-order valence-electron chi connectivity index (χ1n) is 5.66. The van der Waals surface area contributed by atoms with Gasteiger partial charge in [0, 0.05) is 12.6 Å². The van der Waals surface area contributed by atoms with E-state index in [2.05, 4.69) is 10.3 Å². The molecule has 1 atom stereocenters. The van der Waals surface area contributed by atoms with E-state index in [9.17, 15) is 4.79 Å². The number of nitrogens with zero attached hydrogens (tertiary/aromatic N) is 1. The summed E-state index contributed by atoms with van der Waals surface area (Å²) in [4.78, 5) is 15.7. The van der Waals surface area contributed by atoms with Crippen molar-refractivity contribution in [2.75, 3.05) is 19.0 Å². The molecular weight excluding hydrogens is 218 g/mol.